The molecule has 3 heterocycles. The average Bonchev–Trinajstić information content (AvgIpc) is 3.10. The van der Waals surface area contributed by atoms with E-state index >= 15 is 0 Å². The van der Waals surface area contributed by atoms with Gasteiger partial charge in [-0.15, -0.1) is 10.2 Å². The van der Waals surface area contributed by atoms with E-state index in [-0.39, 0.29) is 5.91 Å². The van der Waals surface area contributed by atoms with Crippen molar-refractivity contribution in [2.45, 2.75) is 45.7 Å². The minimum absolute atomic E-state index is 0.0234. The molecule has 124 valence electrons. The molecule has 2 aromatic rings. The first-order valence-corrected chi connectivity index (χ1v) is 8.75. The first-order valence-electron chi connectivity index (χ1n) is 7.93. The van der Waals surface area contributed by atoms with Crippen LogP contribution >= 0.6 is 11.3 Å². The zero-order valence-electron chi connectivity index (χ0n) is 13.5. The molecule has 0 radical (unpaired) electrons. The molecule has 2 aromatic heterocycles. The van der Waals surface area contributed by atoms with Gasteiger partial charge in [-0.2, -0.15) is 5.10 Å². The average molecular weight is 334 g/mol. The molecule has 7 nitrogen and oxygen atoms in total. The number of nitrogens with zero attached hydrogens (tertiary/aromatic N) is 5. The second kappa shape index (κ2) is 7.18. The number of piperidine rings is 1. The summed E-state index contributed by atoms with van der Waals surface area (Å²) in [4.78, 5) is 14.5. The van der Waals surface area contributed by atoms with Crippen LogP contribution in [-0.2, 0) is 11.3 Å². The summed E-state index contributed by atoms with van der Waals surface area (Å²) in [7, 11) is 0. The van der Waals surface area contributed by atoms with Gasteiger partial charge in [-0.05, 0) is 38.8 Å². The first kappa shape index (κ1) is 16.1. The van der Waals surface area contributed by atoms with Gasteiger partial charge in [-0.1, -0.05) is 17.8 Å². The van der Waals surface area contributed by atoms with Crippen LogP contribution in [0.25, 0.3) is 0 Å². The number of carbonyl (C=O) groups is 1. The molecule has 8 heteroatoms. The maximum absolute atomic E-state index is 12.3. The number of rotatable bonds is 5. The second-order valence-corrected chi connectivity index (χ2v) is 7.22. The standard InChI is InChI=1S/C15H22N6OS/c1-11-7-16-21(8-11)9-13-5-3-4-6-20(13)10-14(22)17-15-19-18-12(2)23-15/h7-8,13H,3-6,9-10H2,1-2H3,(H,17,19,22)/t13-/m0/s1. The maximum atomic E-state index is 12.3. The van der Waals surface area contributed by atoms with Crippen LogP contribution < -0.4 is 5.32 Å². The number of hydrogen-bond donors (Lipinski definition) is 1. The zero-order valence-corrected chi connectivity index (χ0v) is 14.3. The minimum atomic E-state index is -0.0234. The predicted molar refractivity (Wildman–Crippen MR) is 89.5 cm³/mol. The van der Waals surface area contributed by atoms with Crippen molar-refractivity contribution in [3.05, 3.63) is 23.0 Å². The molecular weight excluding hydrogens is 312 g/mol. The van der Waals surface area contributed by atoms with Gasteiger partial charge in [0.1, 0.15) is 5.01 Å². The van der Waals surface area contributed by atoms with Gasteiger partial charge in [0.15, 0.2) is 0 Å². The number of amides is 1. The summed E-state index contributed by atoms with van der Waals surface area (Å²) in [6, 6.07) is 0.352. The summed E-state index contributed by atoms with van der Waals surface area (Å²) in [5.41, 5.74) is 1.16. The van der Waals surface area contributed by atoms with Crippen molar-refractivity contribution >= 4 is 22.4 Å². The minimum Gasteiger partial charge on any atom is -0.299 e. The van der Waals surface area contributed by atoms with Crippen LogP contribution in [0.5, 0.6) is 0 Å². The number of aromatic nitrogens is 4. The Morgan fingerprint density at radius 1 is 1.39 bits per heavy atom. The third-order valence-electron chi connectivity index (χ3n) is 4.03. The molecule has 1 N–H and O–H groups in total. The van der Waals surface area contributed by atoms with Crippen molar-refractivity contribution in [1.82, 2.24) is 24.9 Å². The second-order valence-electron chi connectivity index (χ2n) is 6.03. The van der Waals surface area contributed by atoms with Gasteiger partial charge in [0, 0.05) is 12.2 Å². The summed E-state index contributed by atoms with van der Waals surface area (Å²) < 4.78 is 1.98. The van der Waals surface area contributed by atoms with Gasteiger partial charge in [0.2, 0.25) is 11.0 Å². The van der Waals surface area contributed by atoms with E-state index in [0.29, 0.717) is 17.7 Å². The van der Waals surface area contributed by atoms with Crippen molar-refractivity contribution in [1.29, 1.82) is 0 Å². The lowest BCUT2D eigenvalue weighted by molar-refractivity contribution is -0.118. The summed E-state index contributed by atoms with van der Waals surface area (Å²) >= 11 is 1.40. The van der Waals surface area contributed by atoms with Crippen LogP contribution in [0.4, 0.5) is 5.13 Å². The van der Waals surface area contributed by atoms with Crippen molar-refractivity contribution in [2.24, 2.45) is 0 Å². The monoisotopic (exact) mass is 334 g/mol. The van der Waals surface area contributed by atoms with E-state index in [4.69, 9.17) is 0 Å². The van der Waals surface area contributed by atoms with Crippen molar-refractivity contribution in [2.75, 3.05) is 18.4 Å². The number of carbonyl (C=O) groups excluding carboxylic acids is 1. The topological polar surface area (TPSA) is 75.9 Å². The summed E-state index contributed by atoms with van der Waals surface area (Å²) in [6.45, 7) is 6.09. The SMILES string of the molecule is Cc1cnn(C[C@@H]2CCCCN2CC(=O)Nc2nnc(C)s2)c1. The van der Waals surface area contributed by atoms with Gasteiger partial charge in [-0.25, -0.2) is 0 Å². The van der Waals surface area contributed by atoms with Crippen molar-refractivity contribution in [3.63, 3.8) is 0 Å². The van der Waals surface area contributed by atoms with E-state index in [1.54, 1.807) is 0 Å². The van der Waals surface area contributed by atoms with Gasteiger partial charge in [0.25, 0.3) is 0 Å². The fraction of sp³-hybridized carbons (Fsp3) is 0.600. The van der Waals surface area contributed by atoms with E-state index in [1.807, 2.05) is 24.7 Å². The van der Waals surface area contributed by atoms with E-state index < -0.39 is 0 Å². The maximum Gasteiger partial charge on any atom is 0.240 e. The zero-order chi connectivity index (χ0) is 16.2. The quantitative estimate of drug-likeness (QED) is 0.903. The van der Waals surface area contributed by atoms with E-state index in [1.165, 1.54) is 17.8 Å². The fourth-order valence-corrected chi connectivity index (χ4v) is 3.56. The van der Waals surface area contributed by atoms with Crippen LogP contribution in [-0.4, -0.2) is 49.9 Å². The number of nitrogens with one attached hydrogen (secondary N) is 1. The van der Waals surface area contributed by atoms with Gasteiger partial charge in [0.05, 0.1) is 19.3 Å². The number of hydrogen-bond acceptors (Lipinski definition) is 6. The Kier molecular flexibility index (Phi) is 5.02. The summed E-state index contributed by atoms with van der Waals surface area (Å²) in [5, 5.41) is 16.5. The lowest BCUT2D eigenvalue weighted by Crippen LogP contribution is -2.46. The van der Waals surface area contributed by atoms with Crippen LogP contribution in [0.2, 0.25) is 0 Å². The van der Waals surface area contributed by atoms with Crippen molar-refractivity contribution in [3.8, 4) is 0 Å². The van der Waals surface area contributed by atoms with Crippen LogP contribution in [0, 0.1) is 13.8 Å². The number of likely N-dealkylation sites (tertiary alicyclic amines) is 1. The molecule has 1 amide bonds. The lowest BCUT2D eigenvalue weighted by atomic mass is 10.0. The molecule has 3 rings (SSSR count). The van der Waals surface area contributed by atoms with Crippen molar-refractivity contribution < 1.29 is 4.79 Å². The molecular formula is C15H22N6OS. The Balaban J connectivity index is 1.58. The molecule has 1 fully saturated rings. The highest BCUT2D eigenvalue weighted by molar-refractivity contribution is 7.15. The highest BCUT2D eigenvalue weighted by Crippen LogP contribution is 2.19. The van der Waals surface area contributed by atoms with Gasteiger partial charge >= 0.3 is 0 Å². The number of anilines is 1. The molecule has 0 bridgehead atoms. The molecule has 0 aromatic carbocycles. The molecule has 0 saturated carbocycles. The Morgan fingerprint density at radius 3 is 2.96 bits per heavy atom. The molecule has 1 aliphatic rings. The largest absolute Gasteiger partial charge is 0.299 e. The van der Waals surface area contributed by atoms with Crippen LogP contribution in [0.15, 0.2) is 12.4 Å². The molecule has 1 aliphatic heterocycles. The molecule has 1 atom stereocenters. The highest BCUT2D eigenvalue weighted by atomic mass is 32.1. The van der Waals surface area contributed by atoms with Crippen LogP contribution in [0.3, 0.4) is 0 Å². The normalized spacial score (nSPS) is 19.0. The molecule has 1 saturated heterocycles. The molecule has 23 heavy (non-hydrogen) atoms. The Labute approximate surface area is 139 Å². The Bertz CT molecular complexity index is 666. The third kappa shape index (κ3) is 4.35. The molecule has 0 aliphatic carbocycles. The Hall–Kier alpha value is -1.80. The van der Waals surface area contributed by atoms with Gasteiger partial charge < -0.3 is 0 Å². The van der Waals surface area contributed by atoms with Crippen LogP contribution in [0.1, 0.15) is 29.8 Å². The van der Waals surface area contributed by atoms with Gasteiger partial charge in [-0.3, -0.25) is 19.7 Å². The number of aryl methyl sites for hydroxylation is 2. The third-order valence-corrected chi connectivity index (χ3v) is 4.78. The molecule has 0 unspecified atom stereocenters. The van der Waals surface area contributed by atoms with E-state index in [0.717, 1.165) is 36.5 Å². The summed E-state index contributed by atoms with van der Waals surface area (Å²) in [5.74, 6) is -0.0234. The smallest absolute Gasteiger partial charge is 0.240 e. The fourth-order valence-electron chi connectivity index (χ4n) is 2.95. The summed E-state index contributed by atoms with van der Waals surface area (Å²) in [6.07, 6.45) is 7.37. The highest BCUT2D eigenvalue weighted by Gasteiger charge is 2.25. The lowest BCUT2D eigenvalue weighted by Gasteiger charge is -2.35. The van der Waals surface area contributed by atoms with E-state index in [2.05, 4.69) is 31.7 Å². The molecule has 0 spiro atoms. The predicted octanol–water partition coefficient (Wildman–Crippen LogP) is 1.84. The Morgan fingerprint density at radius 2 is 2.26 bits per heavy atom. The first-order chi connectivity index (χ1) is 11.1. The van der Waals surface area contributed by atoms with E-state index in [9.17, 15) is 4.79 Å².